The van der Waals surface area contributed by atoms with Crippen LogP contribution < -0.4 is 16.0 Å². The van der Waals surface area contributed by atoms with E-state index in [0.717, 1.165) is 11.3 Å². The van der Waals surface area contributed by atoms with Crippen LogP contribution in [0.4, 0.5) is 11.6 Å². The van der Waals surface area contributed by atoms with E-state index in [1.165, 1.54) is 4.90 Å². The van der Waals surface area contributed by atoms with Crippen molar-refractivity contribution in [2.24, 2.45) is 5.73 Å². The Hall–Kier alpha value is -3.69. The standard InChI is InChI=1S/C23H20ClN5O3S/c1-28(22(32)14-5-3-2-4-6-14)15-7-8-17-16(13-15)26-23(29(17)12-11-20(25)30)27-21(31)18-9-10-19(24)33-18/h2-10,13H,11-12H2,1H3,(H2,25,30)(H,26,27,31). The number of aryl methyl sites for hydroxylation is 1. The second-order valence-electron chi connectivity index (χ2n) is 7.26. The van der Waals surface area contributed by atoms with Gasteiger partial charge in [0.05, 0.1) is 20.2 Å². The van der Waals surface area contributed by atoms with Gasteiger partial charge < -0.3 is 15.2 Å². The molecular formula is C23H20ClN5O3S. The minimum atomic E-state index is -0.469. The SMILES string of the molecule is CN(C(=O)c1ccccc1)c1ccc2c(c1)nc(NC(=O)c1ccc(Cl)s1)n2CCC(N)=O. The van der Waals surface area contributed by atoms with E-state index < -0.39 is 5.91 Å². The maximum Gasteiger partial charge on any atom is 0.268 e. The van der Waals surface area contributed by atoms with E-state index in [-0.39, 0.29) is 30.7 Å². The van der Waals surface area contributed by atoms with Gasteiger partial charge in [0.25, 0.3) is 11.8 Å². The summed E-state index contributed by atoms with van der Waals surface area (Å²) in [6.07, 6.45) is 0.0767. The van der Waals surface area contributed by atoms with Gasteiger partial charge in [0.1, 0.15) is 0 Å². The maximum atomic E-state index is 12.8. The number of carbonyl (C=O) groups excluding carboxylic acids is 3. The van der Waals surface area contributed by atoms with Crippen molar-refractivity contribution in [2.45, 2.75) is 13.0 Å². The number of imidazole rings is 1. The number of nitrogens with one attached hydrogen (secondary N) is 1. The average Bonchev–Trinajstić information content (AvgIpc) is 3.39. The molecule has 0 fully saturated rings. The van der Waals surface area contributed by atoms with Gasteiger partial charge in [-0.3, -0.25) is 19.7 Å². The van der Waals surface area contributed by atoms with Crippen LogP contribution in [0.15, 0.2) is 60.7 Å². The molecule has 0 spiro atoms. The van der Waals surface area contributed by atoms with Crippen molar-refractivity contribution >= 4 is 63.3 Å². The molecule has 0 saturated carbocycles. The van der Waals surface area contributed by atoms with E-state index in [9.17, 15) is 14.4 Å². The number of hydrogen-bond donors (Lipinski definition) is 2. The number of fused-ring (bicyclic) bond motifs is 1. The predicted molar refractivity (Wildman–Crippen MR) is 130 cm³/mol. The Balaban J connectivity index is 1.68. The lowest BCUT2D eigenvalue weighted by Crippen LogP contribution is -2.26. The highest BCUT2D eigenvalue weighted by Gasteiger charge is 2.19. The minimum Gasteiger partial charge on any atom is -0.370 e. The molecular weight excluding hydrogens is 462 g/mol. The molecule has 0 atom stereocenters. The van der Waals surface area contributed by atoms with Gasteiger partial charge in [-0.1, -0.05) is 29.8 Å². The lowest BCUT2D eigenvalue weighted by Gasteiger charge is -2.17. The van der Waals surface area contributed by atoms with Crippen LogP contribution >= 0.6 is 22.9 Å². The molecule has 0 saturated heterocycles. The highest BCUT2D eigenvalue weighted by Crippen LogP contribution is 2.27. The number of anilines is 2. The number of aromatic nitrogens is 2. The number of benzene rings is 2. The monoisotopic (exact) mass is 481 g/mol. The van der Waals surface area contributed by atoms with Crippen molar-refractivity contribution < 1.29 is 14.4 Å². The van der Waals surface area contributed by atoms with Crippen LogP contribution in [0.3, 0.4) is 0 Å². The second kappa shape index (κ2) is 9.43. The molecule has 168 valence electrons. The summed E-state index contributed by atoms with van der Waals surface area (Å²) in [4.78, 5) is 43.4. The Morgan fingerprint density at radius 2 is 1.88 bits per heavy atom. The van der Waals surface area contributed by atoms with Gasteiger partial charge in [0.15, 0.2) is 0 Å². The number of rotatable bonds is 7. The van der Waals surface area contributed by atoms with Crippen LogP contribution in [0, 0.1) is 0 Å². The normalized spacial score (nSPS) is 10.8. The van der Waals surface area contributed by atoms with E-state index in [0.29, 0.717) is 31.5 Å². The lowest BCUT2D eigenvalue weighted by atomic mass is 10.2. The smallest absolute Gasteiger partial charge is 0.268 e. The molecule has 3 N–H and O–H groups in total. The minimum absolute atomic E-state index is 0.0767. The van der Waals surface area contributed by atoms with Crippen molar-refractivity contribution in [2.75, 3.05) is 17.3 Å². The number of nitrogens with two attached hydrogens (primary N) is 1. The largest absolute Gasteiger partial charge is 0.370 e. The van der Waals surface area contributed by atoms with Crippen molar-refractivity contribution in [3.63, 3.8) is 0 Å². The van der Waals surface area contributed by atoms with Gasteiger partial charge >= 0.3 is 0 Å². The number of nitrogens with zero attached hydrogens (tertiary/aromatic N) is 3. The number of amides is 3. The van der Waals surface area contributed by atoms with Crippen molar-refractivity contribution in [1.29, 1.82) is 0 Å². The zero-order chi connectivity index (χ0) is 23.5. The summed E-state index contributed by atoms with van der Waals surface area (Å²) in [5, 5.41) is 2.78. The molecule has 2 aromatic carbocycles. The van der Waals surface area contributed by atoms with Gasteiger partial charge in [-0.15, -0.1) is 11.3 Å². The number of hydrogen-bond acceptors (Lipinski definition) is 5. The van der Waals surface area contributed by atoms with Crippen LogP contribution in [-0.2, 0) is 11.3 Å². The summed E-state index contributed by atoms with van der Waals surface area (Å²) in [6.45, 7) is 0.241. The fraction of sp³-hybridized carbons (Fsp3) is 0.130. The first-order valence-electron chi connectivity index (χ1n) is 10.0. The van der Waals surface area contributed by atoms with E-state index >= 15 is 0 Å². The summed E-state index contributed by atoms with van der Waals surface area (Å²) >= 11 is 7.09. The summed E-state index contributed by atoms with van der Waals surface area (Å²) in [5.41, 5.74) is 7.79. The zero-order valence-electron chi connectivity index (χ0n) is 17.6. The molecule has 3 amide bonds. The Morgan fingerprint density at radius 1 is 1.12 bits per heavy atom. The quantitative estimate of drug-likeness (QED) is 0.413. The number of halogens is 1. The van der Waals surface area contributed by atoms with Crippen LogP contribution in [-0.4, -0.2) is 34.3 Å². The first-order chi connectivity index (χ1) is 15.8. The highest BCUT2D eigenvalue weighted by molar-refractivity contribution is 7.18. The first kappa shape index (κ1) is 22.5. The summed E-state index contributed by atoms with van der Waals surface area (Å²) in [6, 6.07) is 17.6. The molecule has 0 aliphatic carbocycles. The van der Waals surface area contributed by atoms with Crippen molar-refractivity contribution in [3.05, 3.63) is 75.4 Å². The topological polar surface area (TPSA) is 110 Å². The third-order valence-corrected chi connectivity index (χ3v) is 6.28. The fourth-order valence-corrected chi connectivity index (χ4v) is 4.30. The van der Waals surface area contributed by atoms with Crippen LogP contribution in [0.2, 0.25) is 4.34 Å². The first-order valence-corrected chi connectivity index (χ1v) is 11.2. The summed E-state index contributed by atoms with van der Waals surface area (Å²) in [7, 11) is 1.68. The van der Waals surface area contributed by atoms with E-state index in [4.69, 9.17) is 17.3 Å². The molecule has 0 radical (unpaired) electrons. The predicted octanol–water partition coefficient (Wildman–Crippen LogP) is 4.16. The highest BCUT2D eigenvalue weighted by atomic mass is 35.5. The van der Waals surface area contributed by atoms with Gasteiger partial charge in [-0.2, -0.15) is 0 Å². The zero-order valence-corrected chi connectivity index (χ0v) is 19.2. The van der Waals surface area contributed by atoms with Crippen molar-refractivity contribution in [1.82, 2.24) is 9.55 Å². The molecule has 0 aliphatic heterocycles. The van der Waals surface area contributed by atoms with Gasteiger partial charge in [-0.25, -0.2) is 4.98 Å². The third kappa shape index (κ3) is 4.89. The van der Waals surface area contributed by atoms with Crippen LogP contribution in [0.1, 0.15) is 26.5 Å². The second-order valence-corrected chi connectivity index (χ2v) is 8.98. The van der Waals surface area contributed by atoms with Crippen LogP contribution in [0.5, 0.6) is 0 Å². The molecule has 8 nitrogen and oxygen atoms in total. The lowest BCUT2D eigenvalue weighted by molar-refractivity contribution is -0.118. The molecule has 2 aromatic heterocycles. The third-order valence-electron chi connectivity index (χ3n) is 5.05. The molecule has 0 unspecified atom stereocenters. The molecule has 4 rings (SSSR count). The number of carbonyl (C=O) groups is 3. The average molecular weight is 482 g/mol. The number of thiophene rings is 1. The molecule has 0 bridgehead atoms. The molecule has 10 heteroatoms. The summed E-state index contributed by atoms with van der Waals surface area (Å²) in [5.74, 6) is -0.718. The summed E-state index contributed by atoms with van der Waals surface area (Å²) < 4.78 is 2.22. The Kier molecular flexibility index (Phi) is 6.43. The Bertz CT molecular complexity index is 1350. The molecule has 2 heterocycles. The van der Waals surface area contributed by atoms with Gasteiger partial charge in [-0.05, 0) is 42.5 Å². The van der Waals surface area contributed by atoms with Crippen molar-refractivity contribution in [3.8, 4) is 0 Å². The van der Waals surface area contributed by atoms with Crippen LogP contribution in [0.25, 0.3) is 11.0 Å². The number of primary amides is 1. The van der Waals surface area contributed by atoms with E-state index in [1.807, 2.05) is 6.07 Å². The maximum absolute atomic E-state index is 12.8. The fourth-order valence-electron chi connectivity index (χ4n) is 3.36. The molecule has 4 aromatic rings. The van der Waals surface area contributed by atoms with Gasteiger partial charge in [0, 0.05) is 31.3 Å². The molecule has 33 heavy (non-hydrogen) atoms. The van der Waals surface area contributed by atoms with E-state index in [1.54, 1.807) is 66.2 Å². The van der Waals surface area contributed by atoms with Gasteiger partial charge in [0.2, 0.25) is 11.9 Å². The van der Waals surface area contributed by atoms with E-state index in [2.05, 4.69) is 10.3 Å². The molecule has 0 aliphatic rings. The Labute approximate surface area is 198 Å². The Morgan fingerprint density at radius 3 is 2.55 bits per heavy atom.